The molecule has 0 spiro atoms. The van der Waals surface area contributed by atoms with Gasteiger partial charge in [0.25, 0.3) is 0 Å². The lowest BCUT2D eigenvalue weighted by Gasteiger charge is -2.38. The van der Waals surface area contributed by atoms with Crippen molar-refractivity contribution in [3.8, 4) is 0 Å². The van der Waals surface area contributed by atoms with Crippen LogP contribution in [-0.2, 0) is 6.54 Å². The summed E-state index contributed by atoms with van der Waals surface area (Å²) in [5.74, 6) is -0.142. The highest BCUT2D eigenvalue weighted by Crippen LogP contribution is 2.37. The third kappa shape index (κ3) is 3.70. The molecule has 2 aromatic carbocycles. The molecule has 1 aliphatic rings. The third-order valence-electron chi connectivity index (χ3n) is 5.38. The van der Waals surface area contributed by atoms with Crippen LogP contribution in [0.4, 0.5) is 10.1 Å². The summed E-state index contributed by atoms with van der Waals surface area (Å²) >= 11 is 6.49. The van der Waals surface area contributed by atoms with Gasteiger partial charge >= 0.3 is 0 Å². The molecule has 0 aliphatic carbocycles. The van der Waals surface area contributed by atoms with Crippen molar-refractivity contribution in [1.82, 2.24) is 9.88 Å². The standard InChI is InChI=1S/C22H24ClFN4/c1-15(25)18-13-19(23)17-6-4-8-26-21(17)22(18)28-11-9-27(10-12-28)14-16-5-2-3-7-20(16)24/h2-8,13,15H,9-12,14,25H2,1H3. The van der Waals surface area contributed by atoms with E-state index in [0.717, 1.165) is 53.9 Å². The van der Waals surface area contributed by atoms with Crippen LogP contribution in [0.3, 0.4) is 0 Å². The largest absolute Gasteiger partial charge is 0.367 e. The Balaban J connectivity index is 1.59. The first-order valence-corrected chi connectivity index (χ1v) is 9.96. The van der Waals surface area contributed by atoms with Gasteiger partial charge in [0, 0.05) is 55.9 Å². The van der Waals surface area contributed by atoms with Crippen LogP contribution in [-0.4, -0.2) is 36.1 Å². The number of rotatable bonds is 4. The van der Waals surface area contributed by atoms with Crippen LogP contribution in [0, 0.1) is 5.82 Å². The number of fused-ring (bicyclic) bond motifs is 1. The number of hydrogen-bond donors (Lipinski definition) is 1. The highest BCUT2D eigenvalue weighted by Gasteiger charge is 2.24. The van der Waals surface area contributed by atoms with Gasteiger partial charge in [0.15, 0.2) is 0 Å². The molecule has 0 amide bonds. The van der Waals surface area contributed by atoms with Gasteiger partial charge in [-0.15, -0.1) is 0 Å². The van der Waals surface area contributed by atoms with E-state index in [4.69, 9.17) is 17.3 Å². The fourth-order valence-corrected chi connectivity index (χ4v) is 4.15. The van der Waals surface area contributed by atoms with Gasteiger partial charge in [-0.1, -0.05) is 29.8 Å². The molecule has 2 N–H and O–H groups in total. The molecule has 1 aromatic heterocycles. The topological polar surface area (TPSA) is 45.4 Å². The van der Waals surface area contributed by atoms with E-state index < -0.39 is 0 Å². The average molecular weight is 399 g/mol. The molecule has 2 heterocycles. The zero-order valence-corrected chi connectivity index (χ0v) is 16.7. The van der Waals surface area contributed by atoms with Gasteiger partial charge in [0.2, 0.25) is 0 Å². The Morgan fingerprint density at radius 1 is 1.14 bits per heavy atom. The summed E-state index contributed by atoms with van der Waals surface area (Å²) in [7, 11) is 0. The molecule has 4 rings (SSSR count). The number of halogens is 2. The fraction of sp³-hybridized carbons (Fsp3) is 0.318. The fourth-order valence-electron chi connectivity index (χ4n) is 3.88. The van der Waals surface area contributed by atoms with E-state index in [9.17, 15) is 4.39 Å². The lowest BCUT2D eigenvalue weighted by atomic mass is 10.0. The van der Waals surface area contributed by atoms with Gasteiger partial charge in [-0.2, -0.15) is 0 Å². The van der Waals surface area contributed by atoms with Crippen molar-refractivity contribution in [2.75, 3.05) is 31.1 Å². The van der Waals surface area contributed by atoms with E-state index in [-0.39, 0.29) is 11.9 Å². The molecule has 0 radical (unpaired) electrons. The van der Waals surface area contributed by atoms with Gasteiger partial charge in [-0.05, 0) is 36.8 Å². The molecule has 28 heavy (non-hydrogen) atoms. The summed E-state index contributed by atoms with van der Waals surface area (Å²) in [5.41, 5.74) is 9.98. The van der Waals surface area contributed by atoms with Crippen LogP contribution in [0.2, 0.25) is 5.02 Å². The SMILES string of the molecule is CC(N)c1cc(Cl)c2cccnc2c1N1CCN(Cc2ccccc2F)CC1. The lowest BCUT2D eigenvalue weighted by molar-refractivity contribution is 0.246. The van der Waals surface area contributed by atoms with Crippen LogP contribution in [0.1, 0.15) is 24.1 Å². The first kappa shape index (κ1) is 19.1. The maximum atomic E-state index is 14.0. The highest BCUT2D eigenvalue weighted by molar-refractivity contribution is 6.36. The predicted octanol–water partition coefficient (Wildman–Crippen LogP) is 4.37. The van der Waals surface area contributed by atoms with Crippen molar-refractivity contribution in [1.29, 1.82) is 0 Å². The van der Waals surface area contributed by atoms with Crippen LogP contribution >= 0.6 is 11.6 Å². The maximum Gasteiger partial charge on any atom is 0.127 e. The predicted molar refractivity (Wildman–Crippen MR) is 113 cm³/mol. The number of piperazine rings is 1. The van der Waals surface area contributed by atoms with E-state index in [1.165, 1.54) is 6.07 Å². The Labute approximate surface area is 169 Å². The van der Waals surface area contributed by atoms with Crippen molar-refractivity contribution in [2.45, 2.75) is 19.5 Å². The minimum atomic E-state index is -0.143. The molecule has 1 fully saturated rings. The Bertz CT molecular complexity index is 983. The van der Waals surface area contributed by atoms with Gasteiger partial charge in [0.1, 0.15) is 5.82 Å². The van der Waals surface area contributed by atoms with Crippen molar-refractivity contribution < 1.29 is 4.39 Å². The summed E-state index contributed by atoms with van der Waals surface area (Å²) in [4.78, 5) is 9.23. The van der Waals surface area contributed by atoms with E-state index in [0.29, 0.717) is 11.6 Å². The molecule has 1 unspecified atom stereocenters. The first-order chi connectivity index (χ1) is 13.5. The van der Waals surface area contributed by atoms with Crippen LogP contribution < -0.4 is 10.6 Å². The van der Waals surface area contributed by atoms with E-state index in [1.54, 1.807) is 12.3 Å². The zero-order valence-electron chi connectivity index (χ0n) is 15.9. The summed E-state index contributed by atoms with van der Waals surface area (Å²) in [6.07, 6.45) is 1.79. The van der Waals surface area contributed by atoms with E-state index in [1.807, 2.05) is 37.3 Å². The normalized spacial score (nSPS) is 16.5. The monoisotopic (exact) mass is 398 g/mol. The minimum Gasteiger partial charge on any atom is -0.367 e. The lowest BCUT2D eigenvalue weighted by Crippen LogP contribution is -2.46. The molecular formula is C22H24ClFN4. The second-order valence-corrected chi connectivity index (χ2v) is 7.75. The summed E-state index contributed by atoms with van der Waals surface area (Å²) in [6.45, 7) is 5.97. The summed E-state index contributed by atoms with van der Waals surface area (Å²) < 4.78 is 14.0. The van der Waals surface area contributed by atoms with Crippen LogP contribution in [0.15, 0.2) is 48.7 Å². The molecule has 0 saturated carbocycles. The van der Waals surface area contributed by atoms with Gasteiger partial charge in [-0.25, -0.2) is 4.39 Å². The zero-order chi connectivity index (χ0) is 19.7. The van der Waals surface area contributed by atoms with E-state index >= 15 is 0 Å². The van der Waals surface area contributed by atoms with Crippen molar-refractivity contribution in [3.63, 3.8) is 0 Å². The summed E-state index contributed by atoms with van der Waals surface area (Å²) in [6, 6.07) is 12.7. The van der Waals surface area contributed by atoms with Crippen molar-refractivity contribution in [3.05, 3.63) is 70.6 Å². The number of aromatic nitrogens is 1. The molecule has 3 aromatic rings. The molecule has 1 saturated heterocycles. The third-order valence-corrected chi connectivity index (χ3v) is 5.69. The Hall–Kier alpha value is -2.21. The molecule has 0 bridgehead atoms. The number of benzene rings is 2. The minimum absolute atomic E-state index is 0.142. The molecular weight excluding hydrogens is 375 g/mol. The van der Waals surface area contributed by atoms with E-state index in [2.05, 4.69) is 14.8 Å². The molecule has 6 heteroatoms. The number of pyridine rings is 1. The smallest absolute Gasteiger partial charge is 0.127 e. The van der Waals surface area contributed by atoms with Crippen molar-refractivity contribution >= 4 is 28.2 Å². The maximum absolute atomic E-state index is 14.0. The highest BCUT2D eigenvalue weighted by atomic mass is 35.5. The Morgan fingerprint density at radius 3 is 2.61 bits per heavy atom. The van der Waals surface area contributed by atoms with Gasteiger partial charge in [-0.3, -0.25) is 9.88 Å². The van der Waals surface area contributed by atoms with Gasteiger partial charge in [0.05, 0.1) is 16.2 Å². The molecule has 1 aliphatic heterocycles. The van der Waals surface area contributed by atoms with Crippen LogP contribution in [0.25, 0.3) is 10.9 Å². The quantitative estimate of drug-likeness (QED) is 0.708. The second-order valence-electron chi connectivity index (χ2n) is 7.34. The summed E-state index contributed by atoms with van der Waals surface area (Å²) in [5, 5.41) is 1.62. The number of nitrogens with two attached hydrogens (primary N) is 1. The van der Waals surface area contributed by atoms with Crippen LogP contribution in [0.5, 0.6) is 0 Å². The molecule has 4 nitrogen and oxygen atoms in total. The molecule has 146 valence electrons. The van der Waals surface area contributed by atoms with Gasteiger partial charge < -0.3 is 10.6 Å². The van der Waals surface area contributed by atoms with Crippen molar-refractivity contribution in [2.24, 2.45) is 5.73 Å². The Kier molecular flexibility index (Phi) is 5.49. The molecule has 1 atom stereocenters. The Morgan fingerprint density at radius 2 is 1.89 bits per heavy atom. The number of hydrogen-bond acceptors (Lipinski definition) is 4. The second kappa shape index (κ2) is 8.03. The average Bonchev–Trinajstić information content (AvgIpc) is 2.70. The number of nitrogens with zero attached hydrogens (tertiary/aromatic N) is 3. The number of anilines is 1. The first-order valence-electron chi connectivity index (χ1n) is 9.58.